The molecular weight excluding hydrogens is 324 g/mol. The number of aromatic nitrogens is 2. The van der Waals surface area contributed by atoms with Gasteiger partial charge in [0, 0.05) is 45.0 Å². The van der Waals surface area contributed by atoms with E-state index < -0.39 is 0 Å². The Kier molecular flexibility index (Phi) is 8.42. The van der Waals surface area contributed by atoms with E-state index in [1.807, 2.05) is 14.0 Å². The van der Waals surface area contributed by atoms with Gasteiger partial charge in [-0.1, -0.05) is 20.3 Å². The van der Waals surface area contributed by atoms with Crippen molar-refractivity contribution in [2.45, 2.75) is 66.0 Å². The summed E-state index contributed by atoms with van der Waals surface area (Å²) < 4.78 is 2.10. The van der Waals surface area contributed by atoms with Crippen LogP contribution >= 0.6 is 0 Å². The quantitative estimate of drug-likeness (QED) is 0.551. The third kappa shape index (κ3) is 6.31. The van der Waals surface area contributed by atoms with Crippen molar-refractivity contribution in [3.05, 3.63) is 17.5 Å². The lowest BCUT2D eigenvalue weighted by atomic mass is 10.0. The lowest BCUT2D eigenvalue weighted by molar-refractivity contribution is 0.147. The lowest BCUT2D eigenvalue weighted by Gasteiger charge is -2.35. The van der Waals surface area contributed by atoms with Gasteiger partial charge in [0.25, 0.3) is 0 Å². The molecule has 1 aromatic heterocycles. The van der Waals surface area contributed by atoms with E-state index in [1.165, 1.54) is 37.9 Å². The molecule has 0 radical (unpaired) electrons. The van der Waals surface area contributed by atoms with E-state index >= 15 is 0 Å². The first-order valence-electron chi connectivity index (χ1n) is 10.2. The second-order valence-electron chi connectivity index (χ2n) is 7.69. The molecule has 2 atom stereocenters. The summed E-state index contributed by atoms with van der Waals surface area (Å²) >= 11 is 0. The number of nitrogens with one attached hydrogen (secondary N) is 2. The van der Waals surface area contributed by atoms with Gasteiger partial charge in [-0.25, -0.2) is 0 Å². The van der Waals surface area contributed by atoms with E-state index in [-0.39, 0.29) is 0 Å². The molecule has 0 aliphatic carbocycles. The van der Waals surface area contributed by atoms with Gasteiger partial charge in [0.1, 0.15) is 0 Å². The first-order valence-corrected chi connectivity index (χ1v) is 10.2. The molecule has 0 saturated carbocycles. The average molecular weight is 363 g/mol. The molecule has 0 aromatic carbocycles. The third-order valence-electron chi connectivity index (χ3n) is 5.34. The molecule has 0 bridgehead atoms. The minimum absolute atomic E-state index is 0.484. The van der Waals surface area contributed by atoms with Crippen molar-refractivity contribution >= 4 is 5.96 Å². The van der Waals surface area contributed by atoms with Gasteiger partial charge in [-0.15, -0.1) is 0 Å². The summed E-state index contributed by atoms with van der Waals surface area (Å²) in [6.07, 6.45) is 5.34. The van der Waals surface area contributed by atoms with Crippen LogP contribution in [0.15, 0.2) is 11.1 Å². The van der Waals surface area contributed by atoms with Crippen molar-refractivity contribution in [3.8, 4) is 0 Å². The highest BCUT2D eigenvalue weighted by atomic mass is 15.3. The highest BCUT2D eigenvalue weighted by molar-refractivity contribution is 5.79. The molecule has 2 rings (SSSR count). The van der Waals surface area contributed by atoms with Crippen LogP contribution in [0, 0.1) is 19.8 Å². The van der Waals surface area contributed by atoms with Crippen molar-refractivity contribution in [3.63, 3.8) is 0 Å². The SMILES string of the molecule is CCC1CCCCN1CCNC(=NC)NCC(C)Cn1nc(C)cc1C. The largest absolute Gasteiger partial charge is 0.356 e. The molecule has 0 spiro atoms. The number of hydrogen-bond acceptors (Lipinski definition) is 3. The standard InChI is InChI=1S/C20H38N6/c1-6-19-9-7-8-11-25(19)12-10-22-20(21-5)23-14-16(2)15-26-18(4)13-17(3)24-26/h13,16,19H,6-12,14-15H2,1-5H3,(H2,21,22,23). The molecule has 6 nitrogen and oxygen atoms in total. The monoisotopic (exact) mass is 362 g/mol. The van der Waals surface area contributed by atoms with Crippen molar-refractivity contribution in [2.24, 2.45) is 10.9 Å². The highest BCUT2D eigenvalue weighted by Gasteiger charge is 2.20. The number of hydrogen-bond donors (Lipinski definition) is 2. The Balaban J connectivity index is 1.69. The van der Waals surface area contributed by atoms with E-state index in [1.54, 1.807) is 0 Å². The minimum Gasteiger partial charge on any atom is -0.356 e. The van der Waals surface area contributed by atoms with Crippen LogP contribution in [-0.4, -0.2) is 59.9 Å². The first kappa shape index (κ1) is 20.7. The molecule has 1 aromatic rings. The normalized spacial score (nSPS) is 20.2. The summed E-state index contributed by atoms with van der Waals surface area (Å²) in [4.78, 5) is 7.00. The Morgan fingerprint density at radius 2 is 2.15 bits per heavy atom. The van der Waals surface area contributed by atoms with Crippen LogP contribution < -0.4 is 10.6 Å². The van der Waals surface area contributed by atoms with E-state index in [0.717, 1.165) is 43.9 Å². The van der Waals surface area contributed by atoms with Crippen molar-refractivity contribution in [1.29, 1.82) is 0 Å². The van der Waals surface area contributed by atoms with Gasteiger partial charge in [-0.05, 0) is 51.6 Å². The minimum atomic E-state index is 0.484. The van der Waals surface area contributed by atoms with Gasteiger partial charge >= 0.3 is 0 Å². The summed E-state index contributed by atoms with van der Waals surface area (Å²) in [5, 5.41) is 11.5. The highest BCUT2D eigenvalue weighted by Crippen LogP contribution is 2.18. The fraction of sp³-hybridized carbons (Fsp3) is 0.800. The number of rotatable bonds is 8. The third-order valence-corrected chi connectivity index (χ3v) is 5.34. The molecule has 1 aliphatic rings. The molecule has 0 amide bonds. The van der Waals surface area contributed by atoms with E-state index in [4.69, 9.17) is 0 Å². The van der Waals surface area contributed by atoms with Gasteiger partial charge in [0.2, 0.25) is 0 Å². The Bertz CT molecular complexity index is 565. The van der Waals surface area contributed by atoms with Crippen LogP contribution in [0.5, 0.6) is 0 Å². The lowest BCUT2D eigenvalue weighted by Crippen LogP contribution is -2.46. The van der Waals surface area contributed by atoms with Crippen LogP contribution in [0.25, 0.3) is 0 Å². The molecule has 1 aliphatic heterocycles. The summed E-state index contributed by atoms with van der Waals surface area (Å²) in [7, 11) is 1.84. The van der Waals surface area contributed by atoms with Crippen LogP contribution in [0.2, 0.25) is 0 Å². The maximum absolute atomic E-state index is 4.55. The summed E-state index contributed by atoms with van der Waals surface area (Å²) in [6, 6.07) is 2.89. The smallest absolute Gasteiger partial charge is 0.191 e. The molecule has 2 N–H and O–H groups in total. The molecule has 26 heavy (non-hydrogen) atoms. The number of guanidine groups is 1. The molecule has 1 fully saturated rings. The number of aliphatic imine (C=N–C) groups is 1. The zero-order chi connectivity index (χ0) is 18.9. The number of likely N-dealkylation sites (tertiary alicyclic amines) is 1. The summed E-state index contributed by atoms with van der Waals surface area (Å²) in [5.41, 5.74) is 2.31. The number of aryl methyl sites for hydroxylation is 2. The van der Waals surface area contributed by atoms with Crippen LogP contribution in [0.3, 0.4) is 0 Å². The zero-order valence-electron chi connectivity index (χ0n) is 17.4. The van der Waals surface area contributed by atoms with Crippen molar-refractivity contribution in [1.82, 2.24) is 25.3 Å². The van der Waals surface area contributed by atoms with E-state index in [9.17, 15) is 0 Å². The molecule has 148 valence electrons. The molecule has 2 unspecified atom stereocenters. The molecule has 2 heterocycles. The molecular formula is C20H38N6. The Morgan fingerprint density at radius 1 is 1.35 bits per heavy atom. The van der Waals surface area contributed by atoms with Crippen LogP contribution in [0.4, 0.5) is 0 Å². The summed E-state index contributed by atoms with van der Waals surface area (Å²) in [6.45, 7) is 13.8. The van der Waals surface area contributed by atoms with Gasteiger partial charge in [-0.2, -0.15) is 5.10 Å². The fourth-order valence-electron chi connectivity index (χ4n) is 3.85. The van der Waals surface area contributed by atoms with Crippen molar-refractivity contribution < 1.29 is 0 Å². The average Bonchev–Trinajstić information content (AvgIpc) is 2.95. The molecule has 1 saturated heterocycles. The van der Waals surface area contributed by atoms with E-state index in [2.05, 4.69) is 57.1 Å². The Morgan fingerprint density at radius 3 is 2.81 bits per heavy atom. The summed E-state index contributed by atoms with van der Waals surface area (Å²) in [5.74, 6) is 1.38. The van der Waals surface area contributed by atoms with Gasteiger partial charge in [-0.3, -0.25) is 14.6 Å². The first-order chi connectivity index (χ1) is 12.5. The number of piperidine rings is 1. The topological polar surface area (TPSA) is 57.5 Å². The van der Waals surface area contributed by atoms with Gasteiger partial charge in [0.15, 0.2) is 5.96 Å². The second kappa shape index (κ2) is 10.6. The van der Waals surface area contributed by atoms with Crippen molar-refractivity contribution in [2.75, 3.05) is 33.2 Å². The fourth-order valence-corrected chi connectivity index (χ4v) is 3.85. The van der Waals surface area contributed by atoms with Crippen LogP contribution in [-0.2, 0) is 6.54 Å². The van der Waals surface area contributed by atoms with Crippen LogP contribution in [0.1, 0.15) is 50.9 Å². The zero-order valence-corrected chi connectivity index (χ0v) is 17.4. The predicted octanol–water partition coefficient (Wildman–Crippen LogP) is 2.57. The van der Waals surface area contributed by atoms with Gasteiger partial charge in [0.05, 0.1) is 5.69 Å². The Labute approximate surface area is 159 Å². The molecule has 6 heteroatoms. The maximum atomic E-state index is 4.55. The second-order valence-corrected chi connectivity index (χ2v) is 7.69. The maximum Gasteiger partial charge on any atom is 0.191 e. The van der Waals surface area contributed by atoms with Gasteiger partial charge < -0.3 is 10.6 Å². The van der Waals surface area contributed by atoms with E-state index in [0.29, 0.717) is 5.92 Å². The Hall–Kier alpha value is -1.56. The predicted molar refractivity (Wildman–Crippen MR) is 110 cm³/mol. The number of nitrogens with zero attached hydrogens (tertiary/aromatic N) is 4.